The number of hydrogen-bond acceptors (Lipinski definition) is 7. The van der Waals surface area contributed by atoms with Crippen molar-refractivity contribution in [3.63, 3.8) is 0 Å². The molecule has 0 amide bonds. The molecule has 0 radical (unpaired) electrons. The summed E-state index contributed by atoms with van der Waals surface area (Å²) in [5.74, 6) is 2.14. The van der Waals surface area contributed by atoms with Crippen LogP contribution < -0.4 is 5.32 Å². The molecule has 0 spiro atoms. The van der Waals surface area contributed by atoms with Gasteiger partial charge in [0.15, 0.2) is 9.84 Å². The molecule has 1 aromatic rings. The molecule has 1 saturated heterocycles. The first kappa shape index (κ1) is 16.1. The van der Waals surface area contributed by atoms with E-state index < -0.39 is 9.84 Å². The molecule has 0 aromatic carbocycles. The summed E-state index contributed by atoms with van der Waals surface area (Å²) in [5, 5.41) is 4.22. The van der Waals surface area contributed by atoms with E-state index in [1.807, 2.05) is 0 Å². The van der Waals surface area contributed by atoms with E-state index in [1.54, 1.807) is 0 Å². The highest BCUT2D eigenvalue weighted by Crippen LogP contribution is 2.32. The van der Waals surface area contributed by atoms with Crippen molar-refractivity contribution in [2.45, 2.75) is 38.0 Å². The number of nitrogens with zero attached hydrogens (tertiary/aromatic N) is 3. The highest BCUT2D eigenvalue weighted by molar-refractivity contribution is 7.91. The van der Waals surface area contributed by atoms with Gasteiger partial charge in [-0.1, -0.05) is 19.3 Å². The topological polar surface area (TPSA) is 75.2 Å². The fourth-order valence-corrected chi connectivity index (χ4v) is 5.08. The summed E-state index contributed by atoms with van der Waals surface area (Å²) in [6.07, 6.45) is 6.38. The molecule has 1 aliphatic carbocycles. The highest BCUT2D eigenvalue weighted by Gasteiger charge is 2.22. The Kier molecular flexibility index (Phi) is 5.30. The summed E-state index contributed by atoms with van der Waals surface area (Å²) in [5.41, 5.74) is 0. The zero-order valence-corrected chi connectivity index (χ0v) is 14.5. The number of rotatable bonds is 5. The number of hydrogen-bond donors (Lipinski definition) is 1. The maximum absolute atomic E-state index is 11.4. The van der Waals surface area contributed by atoms with Crippen molar-refractivity contribution in [2.75, 3.05) is 43.0 Å². The van der Waals surface area contributed by atoms with Gasteiger partial charge in [-0.2, -0.15) is 4.37 Å². The molecular weight excluding hydrogens is 320 g/mol. The van der Waals surface area contributed by atoms with Gasteiger partial charge in [0.05, 0.1) is 11.5 Å². The summed E-state index contributed by atoms with van der Waals surface area (Å²) in [6.45, 7) is 2.94. The molecule has 22 heavy (non-hydrogen) atoms. The molecule has 1 saturated carbocycles. The molecule has 1 N–H and O–H groups in total. The van der Waals surface area contributed by atoms with E-state index in [0.29, 0.717) is 19.0 Å². The van der Waals surface area contributed by atoms with Gasteiger partial charge in [-0.3, -0.25) is 4.90 Å². The quantitative estimate of drug-likeness (QED) is 0.877. The van der Waals surface area contributed by atoms with Gasteiger partial charge in [0.25, 0.3) is 0 Å². The van der Waals surface area contributed by atoms with Crippen molar-refractivity contribution >= 4 is 26.5 Å². The van der Waals surface area contributed by atoms with Gasteiger partial charge >= 0.3 is 0 Å². The Morgan fingerprint density at radius 2 is 1.91 bits per heavy atom. The summed E-state index contributed by atoms with van der Waals surface area (Å²) in [6, 6.07) is 0. The van der Waals surface area contributed by atoms with Crippen LogP contribution in [0.3, 0.4) is 0 Å². The first-order chi connectivity index (χ1) is 10.6. The largest absolute Gasteiger partial charge is 0.359 e. The fourth-order valence-electron chi connectivity index (χ4n) is 3.13. The van der Waals surface area contributed by atoms with Gasteiger partial charge in [-0.05, 0) is 12.8 Å². The van der Waals surface area contributed by atoms with Crippen LogP contribution in [0.2, 0.25) is 0 Å². The van der Waals surface area contributed by atoms with Crippen molar-refractivity contribution < 1.29 is 8.42 Å². The lowest BCUT2D eigenvalue weighted by molar-refractivity contribution is 0.307. The van der Waals surface area contributed by atoms with Crippen molar-refractivity contribution in [1.82, 2.24) is 14.3 Å². The molecule has 0 bridgehead atoms. The Morgan fingerprint density at radius 3 is 2.64 bits per heavy atom. The summed E-state index contributed by atoms with van der Waals surface area (Å²) < 4.78 is 27.3. The van der Waals surface area contributed by atoms with Crippen molar-refractivity contribution in [3.05, 3.63) is 5.82 Å². The zero-order valence-electron chi connectivity index (χ0n) is 12.8. The van der Waals surface area contributed by atoms with Crippen LogP contribution in [0.15, 0.2) is 0 Å². The minimum atomic E-state index is -2.78. The second kappa shape index (κ2) is 7.23. The number of anilines is 1. The Balaban J connectivity index is 1.41. The molecular formula is C14H24N4O2S2. The molecule has 2 heterocycles. The predicted molar refractivity (Wildman–Crippen MR) is 89.3 cm³/mol. The second-order valence-electron chi connectivity index (χ2n) is 6.21. The van der Waals surface area contributed by atoms with Crippen LogP contribution in [-0.4, -0.2) is 60.4 Å². The second-order valence-corrected chi connectivity index (χ2v) is 9.27. The summed E-state index contributed by atoms with van der Waals surface area (Å²) in [7, 11) is -2.78. The van der Waals surface area contributed by atoms with Crippen LogP contribution in [0.4, 0.5) is 5.13 Å². The molecule has 1 aromatic heterocycles. The monoisotopic (exact) mass is 344 g/mol. The van der Waals surface area contributed by atoms with Gasteiger partial charge < -0.3 is 5.32 Å². The fraction of sp³-hybridized carbons (Fsp3) is 0.857. The Bertz CT molecular complexity index is 567. The highest BCUT2D eigenvalue weighted by atomic mass is 32.2. The van der Waals surface area contributed by atoms with Gasteiger partial charge in [0.2, 0.25) is 5.13 Å². The molecule has 0 atom stereocenters. The third-order valence-corrected chi connectivity index (χ3v) is 6.85. The molecule has 124 valence electrons. The zero-order chi connectivity index (χ0) is 15.4. The van der Waals surface area contributed by atoms with E-state index in [-0.39, 0.29) is 11.5 Å². The third kappa shape index (κ3) is 4.39. The molecule has 1 aliphatic heterocycles. The van der Waals surface area contributed by atoms with Crippen LogP contribution in [-0.2, 0) is 9.84 Å². The van der Waals surface area contributed by atoms with Gasteiger partial charge in [0, 0.05) is 43.6 Å². The number of nitrogens with one attached hydrogen (secondary N) is 1. The van der Waals surface area contributed by atoms with E-state index >= 15 is 0 Å². The Morgan fingerprint density at radius 1 is 1.18 bits per heavy atom. The smallest absolute Gasteiger partial charge is 0.202 e. The standard InChI is InChI=1S/C14H24N4O2S2/c19-22(20)10-8-18(9-11-22)7-6-15-14-16-13(17-21-14)12-4-2-1-3-5-12/h12H,1-11H2,(H,15,16,17). The van der Waals surface area contributed by atoms with E-state index in [4.69, 9.17) is 0 Å². The maximum atomic E-state index is 11.4. The third-order valence-electron chi connectivity index (χ3n) is 4.55. The van der Waals surface area contributed by atoms with Crippen LogP contribution in [0.25, 0.3) is 0 Å². The molecule has 3 rings (SSSR count). The van der Waals surface area contributed by atoms with E-state index in [1.165, 1.54) is 43.6 Å². The lowest BCUT2D eigenvalue weighted by Crippen LogP contribution is -2.42. The van der Waals surface area contributed by atoms with Crippen molar-refractivity contribution in [3.8, 4) is 0 Å². The Hall–Kier alpha value is -0.730. The van der Waals surface area contributed by atoms with Crippen LogP contribution in [0.5, 0.6) is 0 Å². The van der Waals surface area contributed by atoms with E-state index in [2.05, 4.69) is 19.6 Å². The minimum absolute atomic E-state index is 0.289. The average Bonchev–Trinajstić information content (AvgIpc) is 2.99. The number of sulfone groups is 1. The van der Waals surface area contributed by atoms with E-state index in [0.717, 1.165) is 24.0 Å². The summed E-state index contributed by atoms with van der Waals surface area (Å²) in [4.78, 5) is 6.81. The first-order valence-corrected chi connectivity index (χ1v) is 10.7. The number of aromatic nitrogens is 2. The minimum Gasteiger partial charge on any atom is -0.359 e. The predicted octanol–water partition coefficient (Wildman–Crippen LogP) is 1.73. The first-order valence-electron chi connectivity index (χ1n) is 8.13. The van der Waals surface area contributed by atoms with Crippen molar-refractivity contribution in [2.24, 2.45) is 0 Å². The normalized spacial score (nSPS) is 23.5. The molecule has 2 fully saturated rings. The molecule has 8 heteroatoms. The van der Waals surface area contributed by atoms with Crippen LogP contribution in [0, 0.1) is 0 Å². The van der Waals surface area contributed by atoms with Gasteiger partial charge in [-0.15, -0.1) is 0 Å². The molecule has 2 aliphatic rings. The van der Waals surface area contributed by atoms with Crippen molar-refractivity contribution in [1.29, 1.82) is 0 Å². The van der Waals surface area contributed by atoms with Gasteiger partial charge in [-0.25, -0.2) is 13.4 Å². The molecule has 6 nitrogen and oxygen atoms in total. The lowest BCUT2D eigenvalue weighted by atomic mass is 9.89. The van der Waals surface area contributed by atoms with Crippen LogP contribution >= 0.6 is 11.5 Å². The lowest BCUT2D eigenvalue weighted by Gasteiger charge is -2.26. The maximum Gasteiger partial charge on any atom is 0.202 e. The van der Waals surface area contributed by atoms with E-state index in [9.17, 15) is 8.42 Å². The summed E-state index contributed by atoms with van der Waals surface area (Å²) >= 11 is 1.44. The van der Waals surface area contributed by atoms with Crippen LogP contribution in [0.1, 0.15) is 43.8 Å². The SMILES string of the molecule is O=S1(=O)CCN(CCNc2nc(C3CCCCC3)ns2)CC1. The molecule has 0 unspecified atom stereocenters. The Labute approximate surface area is 136 Å². The van der Waals surface area contributed by atoms with Gasteiger partial charge in [0.1, 0.15) is 5.82 Å². The average molecular weight is 345 g/mol.